The lowest BCUT2D eigenvalue weighted by atomic mass is 9.90. The van der Waals surface area contributed by atoms with Gasteiger partial charge in [0.2, 0.25) is 5.12 Å². The molecule has 0 aromatic carbocycles. The van der Waals surface area contributed by atoms with Gasteiger partial charge in [-0.2, -0.15) is 0 Å². The molecule has 0 saturated heterocycles. The molecule has 10 heavy (non-hydrogen) atoms. The Kier molecular flexibility index (Phi) is 4.06. The molecule has 0 aliphatic heterocycles. The first-order chi connectivity index (χ1) is 4.84. The van der Waals surface area contributed by atoms with E-state index in [2.05, 4.69) is 21.2 Å². The van der Waals surface area contributed by atoms with E-state index in [1.54, 1.807) is 0 Å². The van der Waals surface area contributed by atoms with Crippen LogP contribution in [0, 0.1) is 5.92 Å². The van der Waals surface area contributed by atoms with Crippen LogP contribution in [0.5, 0.6) is 0 Å². The molecule has 0 atom stereocenters. The third-order valence-corrected chi connectivity index (χ3v) is 3.80. The first-order valence-corrected chi connectivity index (χ1v) is 7.03. The molecule has 1 rings (SSSR count). The number of carbonyl (C=O) groups excluding carboxylic acids is 1. The SMILES string of the molecule is O=C(SI)C1CCCCC1. The molecule has 0 heterocycles. The van der Waals surface area contributed by atoms with Crippen LogP contribution in [-0.4, -0.2) is 5.12 Å². The Labute approximate surface area is 77.9 Å². The normalized spacial score (nSPS) is 20.9. The summed E-state index contributed by atoms with van der Waals surface area (Å²) in [7, 11) is 1.36. The van der Waals surface area contributed by atoms with Gasteiger partial charge in [-0.1, -0.05) is 19.3 Å². The van der Waals surface area contributed by atoms with Crippen LogP contribution in [-0.2, 0) is 4.79 Å². The Morgan fingerprint density at radius 3 is 2.40 bits per heavy atom. The van der Waals surface area contributed by atoms with Gasteiger partial charge in [-0.25, -0.2) is 0 Å². The molecule has 1 nitrogen and oxygen atoms in total. The van der Waals surface area contributed by atoms with Crippen molar-refractivity contribution in [3.63, 3.8) is 0 Å². The maximum atomic E-state index is 11.1. The van der Waals surface area contributed by atoms with E-state index in [0.29, 0.717) is 11.0 Å². The molecule has 1 aliphatic carbocycles. The minimum Gasteiger partial charge on any atom is -0.286 e. The zero-order valence-electron chi connectivity index (χ0n) is 5.81. The minimum atomic E-state index is 0.385. The van der Waals surface area contributed by atoms with Crippen molar-refractivity contribution in [2.24, 2.45) is 5.92 Å². The van der Waals surface area contributed by atoms with Crippen LogP contribution >= 0.6 is 30.1 Å². The molecular formula is C7H11IOS. The van der Waals surface area contributed by atoms with Crippen LogP contribution in [0.3, 0.4) is 0 Å². The van der Waals surface area contributed by atoms with Gasteiger partial charge in [-0.15, -0.1) is 0 Å². The second kappa shape index (κ2) is 4.59. The van der Waals surface area contributed by atoms with Crippen molar-refractivity contribution in [2.75, 3.05) is 0 Å². The van der Waals surface area contributed by atoms with E-state index >= 15 is 0 Å². The molecule has 58 valence electrons. The molecule has 0 radical (unpaired) electrons. The van der Waals surface area contributed by atoms with Crippen LogP contribution < -0.4 is 0 Å². The fourth-order valence-corrected chi connectivity index (χ4v) is 2.84. The zero-order chi connectivity index (χ0) is 7.40. The molecule has 0 aromatic heterocycles. The molecule has 3 heteroatoms. The predicted molar refractivity (Wildman–Crippen MR) is 53.2 cm³/mol. The summed E-state index contributed by atoms with van der Waals surface area (Å²) in [6.45, 7) is 0. The Hall–Kier alpha value is 0.750. The topological polar surface area (TPSA) is 17.1 Å². The highest BCUT2D eigenvalue weighted by Crippen LogP contribution is 2.30. The van der Waals surface area contributed by atoms with Crippen molar-refractivity contribution < 1.29 is 4.79 Å². The summed E-state index contributed by atoms with van der Waals surface area (Å²) in [5.74, 6) is 0.385. The summed E-state index contributed by atoms with van der Waals surface area (Å²) >= 11 is 2.08. The number of rotatable bonds is 1. The van der Waals surface area contributed by atoms with Gasteiger partial charge in [0, 0.05) is 27.1 Å². The first-order valence-electron chi connectivity index (χ1n) is 3.67. The summed E-state index contributed by atoms with van der Waals surface area (Å²) in [6.07, 6.45) is 6.11. The highest BCUT2D eigenvalue weighted by molar-refractivity contribution is 14.2. The molecule has 1 saturated carbocycles. The van der Waals surface area contributed by atoms with Gasteiger partial charge in [0.15, 0.2) is 0 Å². The standard InChI is InChI=1S/C7H11IOS/c8-10-7(9)6-4-2-1-3-5-6/h6H,1-5H2. The Morgan fingerprint density at radius 1 is 1.30 bits per heavy atom. The van der Waals surface area contributed by atoms with Crippen molar-refractivity contribution in [1.29, 1.82) is 0 Å². The number of halogens is 1. The maximum Gasteiger partial charge on any atom is 0.202 e. The molecule has 0 unspecified atom stereocenters. The minimum absolute atomic E-state index is 0.385. The monoisotopic (exact) mass is 270 g/mol. The molecule has 1 aliphatic rings. The van der Waals surface area contributed by atoms with Gasteiger partial charge in [0.05, 0.1) is 0 Å². The first kappa shape index (κ1) is 8.84. The molecule has 1 fully saturated rings. The smallest absolute Gasteiger partial charge is 0.202 e. The van der Waals surface area contributed by atoms with E-state index < -0.39 is 0 Å². The third-order valence-electron chi connectivity index (χ3n) is 2.01. The van der Waals surface area contributed by atoms with Gasteiger partial charge < -0.3 is 0 Å². The van der Waals surface area contributed by atoms with E-state index in [1.807, 2.05) is 0 Å². The average Bonchev–Trinajstić information content (AvgIpc) is 2.05. The number of hydrogen-bond acceptors (Lipinski definition) is 2. The molecule has 0 spiro atoms. The summed E-state index contributed by atoms with van der Waals surface area (Å²) in [5.41, 5.74) is 0. The predicted octanol–water partition coefficient (Wildman–Crippen LogP) is 3.18. The lowest BCUT2D eigenvalue weighted by molar-refractivity contribution is -0.115. The van der Waals surface area contributed by atoms with E-state index in [0.717, 1.165) is 12.8 Å². The molecule has 0 bridgehead atoms. The van der Waals surface area contributed by atoms with Gasteiger partial charge >= 0.3 is 0 Å². The van der Waals surface area contributed by atoms with Gasteiger partial charge in [0.1, 0.15) is 0 Å². The summed E-state index contributed by atoms with van der Waals surface area (Å²) < 4.78 is 0. The van der Waals surface area contributed by atoms with Crippen LogP contribution in [0.1, 0.15) is 32.1 Å². The Balaban J connectivity index is 2.31. The molecule has 0 amide bonds. The molecular weight excluding hydrogens is 259 g/mol. The summed E-state index contributed by atoms with van der Waals surface area (Å²) in [6, 6.07) is 0. The van der Waals surface area contributed by atoms with Crippen molar-refractivity contribution in [1.82, 2.24) is 0 Å². The highest BCUT2D eigenvalue weighted by Gasteiger charge is 2.20. The Bertz CT molecular complexity index is 121. The van der Waals surface area contributed by atoms with Gasteiger partial charge in [-0.3, -0.25) is 4.79 Å². The Morgan fingerprint density at radius 2 is 1.90 bits per heavy atom. The van der Waals surface area contributed by atoms with Crippen molar-refractivity contribution in [2.45, 2.75) is 32.1 Å². The molecule has 0 aromatic rings. The zero-order valence-corrected chi connectivity index (χ0v) is 8.78. The average molecular weight is 270 g/mol. The summed E-state index contributed by atoms with van der Waals surface area (Å²) in [4.78, 5) is 11.1. The largest absolute Gasteiger partial charge is 0.286 e. The van der Waals surface area contributed by atoms with E-state index in [1.165, 1.54) is 28.2 Å². The second-order valence-electron chi connectivity index (χ2n) is 2.73. The van der Waals surface area contributed by atoms with E-state index in [9.17, 15) is 4.79 Å². The van der Waals surface area contributed by atoms with E-state index in [-0.39, 0.29) is 0 Å². The van der Waals surface area contributed by atoms with Crippen LogP contribution in [0.15, 0.2) is 0 Å². The van der Waals surface area contributed by atoms with Crippen molar-refractivity contribution >= 4 is 35.3 Å². The van der Waals surface area contributed by atoms with Crippen LogP contribution in [0.2, 0.25) is 0 Å². The maximum absolute atomic E-state index is 11.1. The van der Waals surface area contributed by atoms with Gasteiger partial charge in [0.25, 0.3) is 0 Å². The number of carbonyl (C=O) groups is 1. The fraction of sp³-hybridized carbons (Fsp3) is 0.857. The van der Waals surface area contributed by atoms with Crippen molar-refractivity contribution in [3.8, 4) is 0 Å². The second-order valence-corrected chi connectivity index (χ2v) is 4.61. The lowest BCUT2D eigenvalue weighted by Gasteiger charge is -2.18. The van der Waals surface area contributed by atoms with Crippen molar-refractivity contribution in [3.05, 3.63) is 0 Å². The number of hydrogen-bond donors (Lipinski definition) is 0. The highest BCUT2D eigenvalue weighted by atomic mass is 127. The fourth-order valence-electron chi connectivity index (χ4n) is 1.40. The quantitative estimate of drug-likeness (QED) is 0.681. The summed E-state index contributed by atoms with van der Waals surface area (Å²) in [5, 5.41) is 0.389. The van der Waals surface area contributed by atoms with E-state index in [4.69, 9.17) is 0 Å². The third kappa shape index (κ3) is 2.42. The van der Waals surface area contributed by atoms with Crippen LogP contribution in [0.4, 0.5) is 0 Å². The lowest BCUT2D eigenvalue weighted by Crippen LogP contribution is -2.13. The van der Waals surface area contributed by atoms with Gasteiger partial charge in [-0.05, 0) is 21.8 Å². The van der Waals surface area contributed by atoms with Crippen LogP contribution in [0.25, 0.3) is 0 Å². The molecule has 0 N–H and O–H groups in total.